The number of carboxylic acid groups (broad SMARTS) is 1. The molecular weight excluding hydrogens is 449 g/mol. The largest absolute Gasteiger partial charge is 0.478 e. The molecule has 4 rings (SSSR count). The molecule has 5 nitrogen and oxygen atoms in total. The Morgan fingerprint density at radius 2 is 1.94 bits per heavy atom. The minimum absolute atomic E-state index is 0.178. The van der Waals surface area contributed by atoms with Gasteiger partial charge in [0.1, 0.15) is 0 Å². The summed E-state index contributed by atoms with van der Waals surface area (Å²) < 4.78 is 49.8. The standard InChI is InChI=1S/C26H29F3O5/c1-17(26(27,28)29)34-16-24(32)9-10-25(12-18-5-3-2-4-6-18)21(13-24)15-33-14-20-11-19(23(30)31)7-8-22(20)25/h2-8,11,17,21,32H,9-10,12-16H2,1H3,(H,30,31)/t17?,21-,24-,25+/m1/s1. The molecule has 184 valence electrons. The highest BCUT2D eigenvalue weighted by Gasteiger charge is 2.52. The number of hydrogen-bond acceptors (Lipinski definition) is 4. The van der Waals surface area contributed by atoms with E-state index in [1.54, 1.807) is 12.1 Å². The topological polar surface area (TPSA) is 76.0 Å². The molecular formula is C26H29F3O5. The van der Waals surface area contributed by atoms with Crippen LogP contribution in [0, 0.1) is 5.92 Å². The van der Waals surface area contributed by atoms with E-state index in [0.717, 1.165) is 23.6 Å². The molecule has 1 aliphatic carbocycles. The van der Waals surface area contributed by atoms with Crippen molar-refractivity contribution < 1.29 is 37.7 Å². The Hall–Kier alpha value is -2.42. The third-order valence-corrected chi connectivity index (χ3v) is 7.33. The highest BCUT2D eigenvalue weighted by Crippen LogP contribution is 2.52. The second kappa shape index (κ2) is 9.32. The molecule has 0 spiro atoms. The summed E-state index contributed by atoms with van der Waals surface area (Å²) >= 11 is 0. The van der Waals surface area contributed by atoms with Crippen LogP contribution in [-0.4, -0.2) is 47.3 Å². The van der Waals surface area contributed by atoms with Gasteiger partial charge in [0.05, 0.1) is 31.0 Å². The monoisotopic (exact) mass is 478 g/mol. The molecule has 8 heteroatoms. The van der Waals surface area contributed by atoms with E-state index in [1.807, 2.05) is 36.4 Å². The second-order valence-electron chi connectivity index (χ2n) is 9.63. The first-order chi connectivity index (χ1) is 16.0. The first kappa shape index (κ1) is 24.7. The summed E-state index contributed by atoms with van der Waals surface area (Å²) in [4.78, 5) is 11.5. The average molecular weight is 479 g/mol. The molecule has 0 bridgehead atoms. The van der Waals surface area contributed by atoms with Gasteiger partial charge in [-0.2, -0.15) is 13.2 Å². The molecule has 1 saturated carbocycles. The van der Waals surface area contributed by atoms with Crippen molar-refractivity contribution in [2.45, 2.75) is 62.5 Å². The highest BCUT2D eigenvalue weighted by atomic mass is 19.4. The van der Waals surface area contributed by atoms with Crippen molar-refractivity contribution in [3.8, 4) is 0 Å². The Morgan fingerprint density at radius 3 is 2.62 bits per heavy atom. The number of hydrogen-bond donors (Lipinski definition) is 2. The predicted molar refractivity (Wildman–Crippen MR) is 119 cm³/mol. The first-order valence-electron chi connectivity index (χ1n) is 11.4. The van der Waals surface area contributed by atoms with Gasteiger partial charge in [0.2, 0.25) is 0 Å². The molecule has 0 saturated heterocycles. The van der Waals surface area contributed by atoms with Crippen molar-refractivity contribution in [2.75, 3.05) is 13.2 Å². The van der Waals surface area contributed by atoms with Crippen molar-refractivity contribution in [1.29, 1.82) is 0 Å². The zero-order valence-corrected chi connectivity index (χ0v) is 19.0. The summed E-state index contributed by atoms with van der Waals surface area (Å²) in [7, 11) is 0. The first-order valence-corrected chi connectivity index (χ1v) is 11.4. The molecule has 2 aromatic carbocycles. The Labute approximate surface area is 196 Å². The van der Waals surface area contributed by atoms with Crippen molar-refractivity contribution in [2.24, 2.45) is 5.92 Å². The second-order valence-corrected chi connectivity index (χ2v) is 9.63. The molecule has 4 atom stereocenters. The van der Waals surface area contributed by atoms with Crippen LogP contribution < -0.4 is 0 Å². The number of ether oxygens (including phenoxy) is 2. The maximum absolute atomic E-state index is 12.9. The minimum atomic E-state index is -4.49. The summed E-state index contributed by atoms with van der Waals surface area (Å²) in [6.45, 7) is 1.08. The Morgan fingerprint density at radius 1 is 1.21 bits per heavy atom. The van der Waals surface area contributed by atoms with Crippen molar-refractivity contribution in [3.05, 3.63) is 70.8 Å². The average Bonchev–Trinajstić information content (AvgIpc) is 2.94. The summed E-state index contributed by atoms with van der Waals surface area (Å²) in [5.41, 5.74) is 1.19. The van der Waals surface area contributed by atoms with Crippen molar-refractivity contribution in [3.63, 3.8) is 0 Å². The van der Waals surface area contributed by atoms with Crippen LogP contribution in [0.25, 0.3) is 0 Å². The molecule has 0 amide bonds. The summed E-state index contributed by atoms with van der Waals surface area (Å²) in [5, 5.41) is 20.7. The summed E-state index contributed by atoms with van der Waals surface area (Å²) in [5.74, 6) is -1.21. The number of fused-ring (bicyclic) bond motifs is 3. The van der Waals surface area contributed by atoms with Gasteiger partial charge in [-0.15, -0.1) is 0 Å². The van der Waals surface area contributed by atoms with Gasteiger partial charge < -0.3 is 19.7 Å². The van der Waals surface area contributed by atoms with Gasteiger partial charge in [-0.3, -0.25) is 0 Å². The number of benzene rings is 2. The molecule has 1 unspecified atom stereocenters. The molecule has 1 fully saturated rings. The SMILES string of the molecule is CC(OC[C@@]1(O)CC[C@@]2(Cc3ccccc3)c3ccc(C(=O)O)cc3COC[C@H]2C1)C(F)(F)F. The van der Waals surface area contributed by atoms with Crippen LogP contribution in [0.2, 0.25) is 0 Å². The van der Waals surface area contributed by atoms with Crippen LogP contribution in [0.1, 0.15) is 53.2 Å². The Kier molecular flexibility index (Phi) is 6.77. The lowest BCUT2D eigenvalue weighted by Gasteiger charge is -2.50. The third-order valence-electron chi connectivity index (χ3n) is 7.33. The number of aromatic carboxylic acids is 1. The Balaban J connectivity index is 1.68. The van der Waals surface area contributed by atoms with Gasteiger partial charge in [0, 0.05) is 5.41 Å². The number of halogens is 3. The molecule has 0 radical (unpaired) electrons. The van der Waals surface area contributed by atoms with Gasteiger partial charge in [-0.25, -0.2) is 4.79 Å². The maximum atomic E-state index is 12.9. The van der Waals surface area contributed by atoms with Crippen LogP contribution in [0.4, 0.5) is 13.2 Å². The zero-order chi connectivity index (χ0) is 24.6. The zero-order valence-electron chi connectivity index (χ0n) is 19.0. The number of carbonyl (C=O) groups is 1. The van der Waals surface area contributed by atoms with E-state index >= 15 is 0 Å². The van der Waals surface area contributed by atoms with Crippen LogP contribution in [0.5, 0.6) is 0 Å². The lowest BCUT2D eigenvalue weighted by atomic mass is 9.56. The minimum Gasteiger partial charge on any atom is -0.478 e. The smallest absolute Gasteiger partial charge is 0.414 e. The number of alkyl halides is 3. The van der Waals surface area contributed by atoms with E-state index in [9.17, 15) is 28.2 Å². The van der Waals surface area contributed by atoms with Crippen LogP contribution in [-0.2, 0) is 27.9 Å². The Bertz CT molecular complexity index is 1020. The molecule has 2 N–H and O–H groups in total. The summed E-state index contributed by atoms with van der Waals surface area (Å²) in [6, 6.07) is 15.0. The van der Waals surface area contributed by atoms with Crippen LogP contribution in [0.3, 0.4) is 0 Å². The lowest BCUT2D eigenvalue weighted by molar-refractivity contribution is -0.230. The number of rotatable bonds is 6. The predicted octanol–water partition coefficient (Wildman–Crippen LogP) is 4.89. The fourth-order valence-corrected chi connectivity index (χ4v) is 5.43. The third kappa shape index (κ3) is 4.99. The van der Waals surface area contributed by atoms with E-state index in [1.165, 1.54) is 0 Å². The molecule has 1 heterocycles. The van der Waals surface area contributed by atoms with Gasteiger partial charge in [0.15, 0.2) is 6.10 Å². The fourth-order valence-electron chi connectivity index (χ4n) is 5.43. The highest BCUT2D eigenvalue weighted by molar-refractivity contribution is 5.88. The molecule has 2 aromatic rings. The van der Waals surface area contributed by atoms with E-state index in [2.05, 4.69) is 0 Å². The van der Waals surface area contributed by atoms with E-state index < -0.39 is 35.9 Å². The van der Waals surface area contributed by atoms with Gasteiger partial charge in [-0.05, 0) is 67.3 Å². The van der Waals surface area contributed by atoms with E-state index in [4.69, 9.17) is 9.47 Å². The number of aliphatic hydroxyl groups is 1. The number of carboxylic acids is 1. The molecule has 1 aliphatic heterocycles. The van der Waals surface area contributed by atoms with Crippen molar-refractivity contribution >= 4 is 5.97 Å². The van der Waals surface area contributed by atoms with Crippen LogP contribution in [0.15, 0.2) is 48.5 Å². The normalized spacial score (nSPS) is 27.9. The van der Waals surface area contributed by atoms with Crippen LogP contribution >= 0.6 is 0 Å². The quantitative estimate of drug-likeness (QED) is 0.618. The van der Waals surface area contributed by atoms with Gasteiger partial charge in [-0.1, -0.05) is 36.4 Å². The van der Waals surface area contributed by atoms with Crippen molar-refractivity contribution in [1.82, 2.24) is 0 Å². The lowest BCUT2D eigenvalue weighted by Crippen LogP contribution is -2.52. The summed E-state index contributed by atoms with van der Waals surface area (Å²) in [6.07, 6.45) is -4.81. The van der Waals surface area contributed by atoms with E-state index in [-0.39, 0.29) is 30.9 Å². The van der Waals surface area contributed by atoms with E-state index in [0.29, 0.717) is 19.4 Å². The molecule has 2 aliphatic rings. The maximum Gasteiger partial charge on any atom is 0.414 e. The van der Waals surface area contributed by atoms with Gasteiger partial charge in [0.25, 0.3) is 0 Å². The molecule has 34 heavy (non-hydrogen) atoms. The van der Waals surface area contributed by atoms with Gasteiger partial charge >= 0.3 is 12.1 Å². The fraction of sp³-hybridized carbons (Fsp3) is 0.500. The molecule has 0 aromatic heterocycles.